The molecule has 0 fully saturated rings. The van der Waals surface area contributed by atoms with E-state index < -0.39 is 35.0 Å². The van der Waals surface area contributed by atoms with Crippen LogP contribution in [0.2, 0.25) is 0 Å². The van der Waals surface area contributed by atoms with Gasteiger partial charge in [-0.3, -0.25) is 9.59 Å². The van der Waals surface area contributed by atoms with Gasteiger partial charge < -0.3 is 14.7 Å². The number of hydrogen-bond acceptors (Lipinski definition) is 6. The Bertz CT molecular complexity index is 570. The predicted molar refractivity (Wildman–Crippen MR) is 75.6 cm³/mol. The molecule has 8 nitrogen and oxygen atoms in total. The van der Waals surface area contributed by atoms with Crippen LogP contribution in [-0.4, -0.2) is 63.7 Å². The first-order chi connectivity index (χ1) is 9.86. The quantitative estimate of drug-likeness (QED) is 0.634. The number of thiophene rings is 1. The molecule has 1 heterocycles. The number of carboxylic acids is 1. The van der Waals surface area contributed by atoms with Crippen LogP contribution >= 0.6 is 11.3 Å². The molecule has 0 aliphatic carbocycles. The summed E-state index contributed by atoms with van der Waals surface area (Å²) in [6.45, 7) is -0.779. The molecule has 0 radical (unpaired) electrons. The third-order valence-electron chi connectivity index (χ3n) is 2.42. The van der Waals surface area contributed by atoms with Crippen LogP contribution in [0.5, 0.6) is 0 Å². The number of carbonyl (C=O) groups excluding carboxylic acids is 1. The van der Waals surface area contributed by atoms with E-state index in [4.69, 9.17) is 9.84 Å². The van der Waals surface area contributed by atoms with Gasteiger partial charge in [-0.15, -0.1) is 11.3 Å². The highest BCUT2D eigenvalue weighted by atomic mass is 32.2. The summed E-state index contributed by atoms with van der Waals surface area (Å²) in [5, 5.41) is 10.3. The fraction of sp³-hybridized carbons (Fsp3) is 0.455. The molecule has 0 saturated heterocycles. The largest absolute Gasteiger partial charge is 0.480 e. The lowest BCUT2D eigenvalue weighted by Crippen LogP contribution is -2.43. The number of amides is 1. The summed E-state index contributed by atoms with van der Waals surface area (Å²) in [5.41, 5.74) is 0. The Labute approximate surface area is 126 Å². The molecular formula is C11H16N2O6S2. The van der Waals surface area contributed by atoms with Gasteiger partial charge in [0, 0.05) is 13.7 Å². The van der Waals surface area contributed by atoms with E-state index >= 15 is 0 Å². The first kappa shape index (κ1) is 17.6. The second-order valence-electron chi connectivity index (χ2n) is 3.96. The Morgan fingerprint density at radius 1 is 1.48 bits per heavy atom. The molecule has 118 valence electrons. The third-order valence-corrected chi connectivity index (χ3v) is 5.22. The highest BCUT2D eigenvalue weighted by Gasteiger charge is 2.20. The zero-order valence-electron chi connectivity index (χ0n) is 11.3. The van der Waals surface area contributed by atoms with Crippen LogP contribution in [-0.2, 0) is 24.3 Å². The second-order valence-corrected chi connectivity index (χ2v) is 6.90. The van der Waals surface area contributed by atoms with Crippen molar-refractivity contribution in [1.82, 2.24) is 9.62 Å². The van der Waals surface area contributed by atoms with E-state index in [9.17, 15) is 18.0 Å². The Morgan fingerprint density at radius 2 is 2.19 bits per heavy atom. The van der Waals surface area contributed by atoms with Crippen molar-refractivity contribution >= 4 is 33.2 Å². The fourth-order valence-electron chi connectivity index (χ4n) is 1.41. The molecule has 1 aromatic heterocycles. The SMILES string of the molecule is COCCN(CC(=O)O)C(=O)CNS(=O)(=O)c1cccs1. The highest BCUT2D eigenvalue weighted by molar-refractivity contribution is 7.91. The molecule has 0 aliphatic heterocycles. The number of rotatable bonds is 9. The molecule has 0 atom stereocenters. The number of hydrogen-bond donors (Lipinski definition) is 2. The minimum Gasteiger partial charge on any atom is -0.480 e. The lowest BCUT2D eigenvalue weighted by molar-refractivity contribution is -0.144. The number of ether oxygens (including phenoxy) is 1. The predicted octanol–water partition coefficient (Wildman–Crippen LogP) is -0.414. The van der Waals surface area contributed by atoms with Crippen LogP contribution in [0.3, 0.4) is 0 Å². The van der Waals surface area contributed by atoms with Crippen molar-refractivity contribution in [3.63, 3.8) is 0 Å². The van der Waals surface area contributed by atoms with Crippen LogP contribution in [0.25, 0.3) is 0 Å². The smallest absolute Gasteiger partial charge is 0.323 e. The molecule has 10 heteroatoms. The lowest BCUT2D eigenvalue weighted by atomic mass is 10.4. The maximum atomic E-state index is 11.9. The molecule has 2 N–H and O–H groups in total. The number of carboxylic acid groups (broad SMARTS) is 1. The van der Waals surface area contributed by atoms with Crippen molar-refractivity contribution in [2.45, 2.75) is 4.21 Å². The van der Waals surface area contributed by atoms with Crippen molar-refractivity contribution in [1.29, 1.82) is 0 Å². The molecule has 1 amide bonds. The minimum atomic E-state index is -3.75. The maximum absolute atomic E-state index is 11.9. The van der Waals surface area contributed by atoms with Gasteiger partial charge in [-0.1, -0.05) is 6.07 Å². The Morgan fingerprint density at radius 3 is 2.71 bits per heavy atom. The molecule has 1 aromatic rings. The lowest BCUT2D eigenvalue weighted by Gasteiger charge is -2.20. The standard InChI is InChI=1S/C11H16N2O6S2/c1-19-5-4-13(8-10(15)16)9(14)7-12-21(17,18)11-3-2-6-20-11/h2-3,6,12H,4-5,7-8H2,1H3,(H,15,16). The van der Waals surface area contributed by atoms with Gasteiger partial charge in [0.25, 0.3) is 10.0 Å². The average molecular weight is 336 g/mol. The van der Waals surface area contributed by atoms with Crippen molar-refractivity contribution in [2.75, 3.05) is 33.4 Å². The Balaban J connectivity index is 2.62. The van der Waals surface area contributed by atoms with Crippen LogP contribution in [0.4, 0.5) is 0 Å². The van der Waals surface area contributed by atoms with Gasteiger partial charge in [-0.25, -0.2) is 13.1 Å². The molecule has 21 heavy (non-hydrogen) atoms. The second kappa shape index (κ2) is 8.08. The van der Waals surface area contributed by atoms with Crippen molar-refractivity contribution in [3.05, 3.63) is 17.5 Å². The fourth-order valence-corrected chi connectivity index (χ4v) is 3.42. The van der Waals surface area contributed by atoms with E-state index in [1.807, 2.05) is 0 Å². The van der Waals surface area contributed by atoms with Gasteiger partial charge >= 0.3 is 5.97 Å². The average Bonchev–Trinajstić information content (AvgIpc) is 2.95. The van der Waals surface area contributed by atoms with Gasteiger partial charge in [-0.05, 0) is 11.4 Å². The number of carbonyl (C=O) groups is 2. The number of methoxy groups -OCH3 is 1. The van der Waals surface area contributed by atoms with E-state index in [1.165, 1.54) is 13.2 Å². The van der Waals surface area contributed by atoms with Gasteiger partial charge in [0.05, 0.1) is 13.2 Å². The van der Waals surface area contributed by atoms with Crippen LogP contribution in [0.15, 0.2) is 21.7 Å². The van der Waals surface area contributed by atoms with Gasteiger partial charge in [0.15, 0.2) is 0 Å². The van der Waals surface area contributed by atoms with E-state index in [-0.39, 0.29) is 17.4 Å². The van der Waals surface area contributed by atoms with E-state index in [0.29, 0.717) is 0 Å². The summed E-state index contributed by atoms with van der Waals surface area (Å²) in [7, 11) is -2.33. The third kappa shape index (κ3) is 5.79. The molecule has 0 bridgehead atoms. The zero-order chi connectivity index (χ0) is 15.9. The van der Waals surface area contributed by atoms with Crippen LogP contribution < -0.4 is 4.72 Å². The number of aliphatic carboxylic acids is 1. The number of nitrogens with zero attached hydrogens (tertiary/aromatic N) is 1. The van der Waals surface area contributed by atoms with Crippen LogP contribution in [0, 0.1) is 0 Å². The summed E-state index contributed by atoms with van der Waals surface area (Å²) in [5.74, 6) is -1.81. The van der Waals surface area contributed by atoms with E-state index in [2.05, 4.69) is 4.72 Å². The molecule has 0 aromatic carbocycles. The highest BCUT2D eigenvalue weighted by Crippen LogP contribution is 2.14. The summed E-state index contributed by atoms with van der Waals surface area (Å²) < 4.78 is 30.7. The molecule has 0 spiro atoms. The first-order valence-corrected chi connectivity index (χ1v) is 8.25. The van der Waals surface area contributed by atoms with E-state index in [1.54, 1.807) is 11.4 Å². The van der Waals surface area contributed by atoms with Gasteiger partial charge in [-0.2, -0.15) is 0 Å². The van der Waals surface area contributed by atoms with Crippen LogP contribution in [0.1, 0.15) is 0 Å². The molecule has 0 saturated carbocycles. The molecule has 0 aliphatic rings. The minimum absolute atomic E-state index is 0.0718. The number of sulfonamides is 1. The topological polar surface area (TPSA) is 113 Å². The van der Waals surface area contributed by atoms with Gasteiger partial charge in [0.2, 0.25) is 5.91 Å². The van der Waals surface area contributed by atoms with Gasteiger partial charge in [0.1, 0.15) is 10.8 Å². The first-order valence-electron chi connectivity index (χ1n) is 5.88. The zero-order valence-corrected chi connectivity index (χ0v) is 12.9. The molecule has 0 unspecified atom stereocenters. The molecule has 1 rings (SSSR count). The van der Waals surface area contributed by atoms with Crippen molar-refractivity contribution in [3.8, 4) is 0 Å². The summed E-state index contributed by atoms with van der Waals surface area (Å²) >= 11 is 1.02. The maximum Gasteiger partial charge on any atom is 0.323 e. The Hall–Kier alpha value is -1.49. The molecular weight excluding hydrogens is 320 g/mol. The summed E-state index contributed by atoms with van der Waals surface area (Å²) in [4.78, 5) is 23.6. The summed E-state index contributed by atoms with van der Waals surface area (Å²) in [6, 6.07) is 2.99. The monoisotopic (exact) mass is 336 g/mol. The normalized spacial score (nSPS) is 11.3. The summed E-state index contributed by atoms with van der Waals surface area (Å²) in [6.07, 6.45) is 0. The van der Waals surface area contributed by atoms with Crippen molar-refractivity contribution < 1.29 is 27.9 Å². The number of nitrogens with one attached hydrogen (secondary N) is 1. The van der Waals surface area contributed by atoms with E-state index in [0.717, 1.165) is 16.2 Å². The Kier molecular flexibility index (Phi) is 6.75. The van der Waals surface area contributed by atoms with Crippen molar-refractivity contribution in [2.24, 2.45) is 0 Å².